The van der Waals surface area contributed by atoms with Crippen LogP contribution in [0.2, 0.25) is 0 Å². The zero-order valence-corrected chi connectivity index (χ0v) is 16.8. The molecule has 0 radical (unpaired) electrons. The minimum absolute atomic E-state index is 0.0804. The van der Waals surface area contributed by atoms with Gasteiger partial charge in [-0.3, -0.25) is 9.59 Å². The topological polar surface area (TPSA) is 106 Å². The fourth-order valence-electron chi connectivity index (χ4n) is 3.21. The molecule has 0 bridgehead atoms. The molecular formula is C18H28N3O5S+. The Hall–Kier alpha value is -1.97. The maximum atomic E-state index is 12.3. The van der Waals surface area contributed by atoms with Crippen LogP contribution in [-0.4, -0.2) is 53.6 Å². The maximum absolute atomic E-state index is 12.3. The first-order valence-electron chi connectivity index (χ1n) is 9.11. The van der Waals surface area contributed by atoms with E-state index in [4.69, 9.17) is 4.74 Å². The van der Waals surface area contributed by atoms with Crippen LogP contribution in [0.3, 0.4) is 0 Å². The number of amides is 1. The lowest BCUT2D eigenvalue weighted by Crippen LogP contribution is -3.14. The molecule has 1 fully saturated rings. The standard InChI is InChI=1S/C18H27N3O5S/c1-4-26-18(23)14-7-9-21(10-8-14)12-17(22)20-15-6-5-13(2)16(11-15)27(24,25)19-3/h5-6,11,14,19H,4,7-10,12H2,1-3H3,(H,20,22)/p+1. The van der Waals surface area contributed by atoms with Gasteiger partial charge in [0, 0.05) is 18.5 Å². The smallest absolute Gasteiger partial charge is 0.309 e. The summed E-state index contributed by atoms with van der Waals surface area (Å²) in [6.07, 6.45) is 1.41. The summed E-state index contributed by atoms with van der Waals surface area (Å²) in [5, 5.41) is 2.76. The van der Waals surface area contributed by atoms with Crippen molar-refractivity contribution in [3.05, 3.63) is 23.8 Å². The number of rotatable bonds is 7. The number of piperidine rings is 1. The van der Waals surface area contributed by atoms with Crippen molar-refractivity contribution in [2.24, 2.45) is 5.92 Å². The van der Waals surface area contributed by atoms with E-state index in [1.54, 1.807) is 26.0 Å². The van der Waals surface area contributed by atoms with Crippen LogP contribution in [0.4, 0.5) is 5.69 Å². The molecule has 9 heteroatoms. The molecule has 1 amide bonds. The van der Waals surface area contributed by atoms with Crippen molar-refractivity contribution in [2.45, 2.75) is 31.6 Å². The third kappa shape index (κ3) is 5.75. The van der Waals surface area contributed by atoms with Gasteiger partial charge in [0.2, 0.25) is 10.0 Å². The summed E-state index contributed by atoms with van der Waals surface area (Å²) in [7, 11) is -2.23. The molecule has 1 aromatic carbocycles. The summed E-state index contributed by atoms with van der Waals surface area (Å²) in [4.78, 5) is 25.3. The van der Waals surface area contributed by atoms with Gasteiger partial charge in [0.1, 0.15) is 0 Å². The van der Waals surface area contributed by atoms with Crippen molar-refractivity contribution in [3.8, 4) is 0 Å². The summed E-state index contributed by atoms with van der Waals surface area (Å²) >= 11 is 0. The molecule has 8 nitrogen and oxygen atoms in total. The Bertz CT molecular complexity index is 786. The summed E-state index contributed by atoms with van der Waals surface area (Å²) in [6, 6.07) is 4.81. The number of nitrogens with one attached hydrogen (secondary N) is 3. The minimum atomic E-state index is -3.58. The Labute approximate surface area is 160 Å². The van der Waals surface area contributed by atoms with E-state index in [1.165, 1.54) is 13.1 Å². The second kappa shape index (κ2) is 9.29. The molecule has 0 spiro atoms. The Morgan fingerprint density at radius 2 is 1.93 bits per heavy atom. The van der Waals surface area contributed by atoms with Gasteiger partial charge in [0.15, 0.2) is 6.54 Å². The van der Waals surface area contributed by atoms with Crippen LogP contribution in [0.25, 0.3) is 0 Å². The molecule has 0 unspecified atom stereocenters. The molecule has 3 N–H and O–H groups in total. The van der Waals surface area contributed by atoms with Crippen LogP contribution in [0.15, 0.2) is 23.1 Å². The molecule has 27 heavy (non-hydrogen) atoms. The number of benzene rings is 1. The quantitative estimate of drug-likeness (QED) is 0.547. The molecule has 0 saturated carbocycles. The second-order valence-electron chi connectivity index (χ2n) is 6.69. The SMILES string of the molecule is CCOC(=O)C1CC[NH+](CC(=O)Nc2ccc(C)c(S(=O)(=O)NC)c2)CC1. The largest absolute Gasteiger partial charge is 0.466 e. The highest BCUT2D eigenvalue weighted by atomic mass is 32.2. The van der Waals surface area contributed by atoms with E-state index in [0.29, 0.717) is 30.7 Å². The number of anilines is 1. The second-order valence-corrected chi connectivity index (χ2v) is 8.54. The third-order valence-electron chi connectivity index (χ3n) is 4.75. The fourth-order valence-corrected chi connectivity index (χ4v) is 4.20. The van der Waals surface area contributed by atoms with Gasteiger partial charge in [-0.1, -0.05) is 6.07 Å². The highest BCUT2D eigenvalue weighted by molar-refractivity contribution is 7.89. The van der Waals surface area contributed by atoms with Crippen LogP contribution in [0.1, 0.15) is 25.3 Å². The lowest BCUT2D eigenvalue weighted by Gasteiger charge is -2.27. The van der Waals surface area contributed by atoms with Crippen LogP contribution in [-0.2, 0) is 24.3 Å². The average Bonchev–Trinajstić information content (AvgIpc) is 2.64. The first kappa shape index (κ1) is 21.3. The summed E-state index contributed by atoms with van der Waals surface area (Å²) in [6.45, 7) is 5.61. The van der Waals surface area contributed by atoms with Crippen LogP contribution in [0, 0.1) is 12.8 Å². The molecule has 1 aromatic rings. The number of hydrogen-bond acceptors (Lipinski definition) is 5. The summed E-state index contributed by atoms with van der Waals surface area (Å²) in [5.74, 6) is -0.418. The molecule has 0 aliphatic carbocycles. The number of likely N-dealkylation sites (tertiary alicyclic amines) is 1. The van der Waals surface area contributed by atoms with Gasteiger partial charge in [0.05, 0.1) is 30.5 Å². The van der Waals surface area contributed by atoms with Crippen LogP contribution in [0.5, 0.6) is 0 Å². The van der Waals surface area contributed by atoms with E-state index < -0.39 is 10.0 Å². The normalized spacial score (nSPS) is 20.1. The molecular weight excluding hydrogens is 370 g/mol. The van der Waals surface area contributed by atoms with E-state index in [0.717, 1.165) is 18.0 Å². The number of carbonyl (C=O) groups is 2. The fraction of sp³-hybridized carbons (Fsp3) is 0.556. The molecule has 1 aliphatic rings. The van der Waals surface area contributed by atoms with Crippen molar-refractivity contribution in [2.75, 3.05) is 38.6 Å². The monoisotopic (exact) mass is 398 g/mol. The number of hydrogen-bond donors (Lipinski definition) is 3. The maximum Gasteiger partial charge on any atom is 0.309 e. The minimum Gasteiger partial charge on any atom is -0.466 e. The molecule has 1 heterocycles. The van der Waals surface area contributed by atoms with Crippen LogP contribution < -0.4 is 14.9 Å². The van der Waals surface area contributed by atoms with Gasteiger partial charge in [-0.15, -0.1) is 0 Å². The molecule has 1 aliphatic heterocycles. The van der Waals surface area contributed by atoms with Gasteiger partial charge in [-0.25, -0.2) is 13.1 Å². The predicted molar refractivity (Wildman–Crippen MR) is 101 cm³/mol. The average molecular weight is 399 g/mol. The zero-order chi connectivity index (χ0) is 20.0. The highest BCUT2D eigenvalue weighted by Crippen LogP contribution is 2.19. The van der Waals surface area contributed by atoms with Gasteiger partial charge in [0.25, 0.3) is 5.91 Å². The summed E-state index contributed by atoms with van der Waals surface area (Å²) < 4.78 is 31.4. The van der Waals surface area contributed by atoms with Gasteiger partial charge < -0.3 is 15.0 Å². The van der Waals surface area contributed by atoms with Crippen molar-refractivity contribution in [1.29, 1.82) is 0 Å². The predicted octanol–water partition coefficient (Wildman–Crippen LogP) is -0.300. The Kier molecular flexibility index (Phi) is 7.34. The van der Waals surface area contributed by atoms with E-state index in [2.05, 4.69) is 10.0 Å². The van der Waals surface area contributed by atoms with Gasteiger partial charge >= 0.3 is 5.97 Å². The van der Waals surface area contributed by atoms with Crippen LogP contribution >= 0.6 is 0 Å². The number of sulfonamides is 1. The third-order valence-corrected chi connectivity index (χ3v) is 6.31. The molecule has 2 rings (SSSR count). The Balaban J connectivity index is 1.92. The van der Waals surface area contributed by atoms with Crippen molar-refractivity contribution in [1.82, 2.24) is 4.72 Å². The number of ether oxygens (including phenoxy) is 1. The van der Waals surface area contributed by atoms with Gasteiger partial charge in [-0.05, 0) is 38.6 Å². The lowest BCUT2D eigenvalue weighted by atomic mass is 9.97. The lowest BCUT2D eigenvalue weighted by molar-refractivity contribution is -0.897. The van der Waals surface area contributed by atoms with E-state index >= 15 is 0 Å². The number of aryl methyl sites for hydroxylation is 1. The number of esters is 1. The molecule has 1 saturated heterocycles. The molecule has 0 atom stereocenters. The van der Waals surface area contributed by atoms with Crippen molar-refractivity contribution in [3.63, 3.8) is 0 Å². The van der Waals surface area contributed by atoms with Gasteiger partial charge in [-0.2, -0.15) is 0 Å². The molecule has 150 valence electrons. The zero-order valence-electron chi connectivity index (χ0n) is 16.0. The first-order chi connectivity index (χ1) is 12.8. The first-order valence-corrected chi connectivity index (χ1v) is 10.6. The van der Waals surface area contributed by atoms with Crippen molar-refractivity contribution >= 4 is 27.6 Å². The highest BCUT2D eigenvalue weighted by Gasteiger charge is 2.29. The van der Waals surface area contributed by atoms with E-state index in [1.807, 2.05) is 0 Å². The van der Waals surface area contributed by atoms with E-state index in [-0.39, 0.29) is 29.2 Å². The summed E-state index contributed by atoms with van der Waals surface area (Å²) in [5.41, 5.74) is 1.05. The Morgan fingerprint density at radius 3 is 2.52 bits per heavy atom. The number of carbonyl (C=O) groups excluding carboxylic acids is 2. The van der Waals surface area contributed by atoms with Crippen molar-refractivity contribution < 1.29 is 27.6 Å². The number of quaternary nitrogens is 1. The van der Waals surface area contributed by atoms with E-state index in [9.17, 15) is 18.0 Å². The molecule has 0 aromatic heterocycles. The Morgan fingerprint density at radius 1 is 1.26 bits per heavy atom.